The van der Waals surface area contributed by atoms with Gasteiger partial charge < -0.3 is 10.6 Å². The molecular weight excluding hydrogens is 344 g/mol. The van der Waals surface area contributed by atoms with Gasteiger partial charge in [-0.05, 0) is 18.2 Å². The molecule has 2 rings (SSSR count). The van der Waals surface area contributed by atoms with Crippen LogP contribution in [0.25, 0.3) is 0 Å². The third-order valence-corrected chi connectivity index (χ3v) is 3.34. The van der Waals surface area contributed by atoms with E-state index in [1.54, 1.807) is 18.2 Å². The number of amides is 1. The molecule has 20 heavy (non-hydrogen) atoms. The molecule has 0 saturated carbocycles. The molecular formula is C12H17Cl4N3O. The molecule has 0 atom stereocenters. The van der Waals surface area contributed by atoms with Gasteiger partial charge in [0, 0.05) is 31.2 Å². The molecule has 1 aromatic rings. The first-order valence-electron chi connectivity index (χ1n) is 5.83. The monoisotopic (exact) mass is 359 g/mol. The SMILES string of the molecule is Cl.Cl.O=C(CN1CCNCC1)Nc1cc(Cl)ccc1Cl. The quantitative estimate of drug-likeness (QED) is 0.870. The van der Waals surface area contributed by atoms with Crippen molar-refractivity contribution in [3.05, 3.63) is 28.2 Å². The molecule has 0 aliphatic carbocycles. The number of piperazine rings is 1. The molecule has 1 amide bonds. The highest BCUT2D eigenvalue weighted by molar-refractivity contribution is 6.35. The van der Waals surface area contributed by atoms with Crippen molar-refractivity contribution in [2.75, 3.05) is 38.0 Å². The van der Waals surface area contributed by atoms with E-state index in [9.17, 15) is 4.79 Å². The van der Waals surface area contributed by atoms with Crippen LogP contribution in [0.2, 0.25) is 10.0 Å². The molecule has 1 fully saturated rings. The molecule has 0 radical (unpaired) electrons. The van der Waals surface area contributed by atoms with Crippen molar-refractivity contribution in [1.29, 1.82) is 0 Å². The number of hydrogen-bond donors (Lipinski definition) is 2. The van der Waals surface area contributed by atoms with E-state index in [-0.39, 0.29) is 30.7 Å². The van der Waals surface area contributed by atoms with Crippen LogP contribution in [-0.2, 0) is 4.79 Å². The smallest absolute Gasteiger partial charge is 0.238 e. The highest BCUT2D eigenvalue weighted by Crippen LogP contribution is 2.25. The third-order valence-electron chi connectivity index (χ3n) is 2.78. The van der Waals surface area contributed by atoms with Gasteiger partial charge in [0.2, 0.25) is 5.91 Å². The van der Waals surface area contributed by atoms with Gasteiger partial charge in [0.25, 0.3) is 0 Å². The fourth-order valence-corrected chi connectivity index (χ4v) is 2.19. The second kappa shape index (κ2) is 9.66. The summed E-state index contributed by atoms with van der Waals surface area (Å²) in [6.45, 7) is 3.99. The first-order valence-corrected chi connectivity index (χ1v) is 6.59. The van der Waals surface area contributed by atoms with Gasteiger partial charge in [-0.15, -0.1) is 24.8 Å². The van der Waals surface area contributed by atoms with Gasteiger partial charge in [-0.25, -0.2) is 0 Å². The second-order valence-electron chi connectivity index (χ2n) is 4.20. The van der Waals surface area contributed by atoms with Crippen molar-refractivity contribution in [2.24, 2.45) is 0 Å². The van der Waals surface area contributed by atoms with E-state index < -0.39 is 0 Å². The molecule has 4 nitrogen and oxygen atoms in total. The summed E-state index contributed by atoms with van der Waals surface area (Å²) in [7, 11) is 0. The average molecular weight is 361 g/mol. The minimum Gasteiger partial charge on any atom is -0.324 e. The predicted octanol–water partition coefficient (Wildman–Crippen LogP) is 2.68. The molecule has 2 N–H and O–H groups in total. The Hall–Kier alpha value is -0.230. The largest absolute Gasteiger partial charge is 0.324 e. The van der Waals surface area contributed by atoms with Crippen molar-refractivity contribution in [2.45, 2.75) is 0 Å². The summed E-state index contributed by atoms with van der Waals surface area (Å²) < 4.78 is 0. The van der Waals surface area contributed by atoms with Crippen molar-refractivity contribution in [3.63, 3.8) is 0 Å². The maximum absolute atomic E-state index is 11.9. The van der Waals surface area contributed by atoms with E-state index in [2.05, 4.69) is 15.5 Å². The Kier molecular flexibility index (Phi) is 9.55. The minimum absolute atomic E-state index is 0. The zero-order valence-electron chi connectivity index (χ0n) is 10.7. The maximum Gasteiger partial charge on any atom is 0.238 e. The van der Waals surface area contributed by atoms with Crippen molar-refractivity contribution in [1.82, 2.24) is 10.2 Å². The fraction of sp³-hybridized carbons (Fsp3) is 0.417. The Morgan fingerprint density at radius 2 is 1.90 bits per heavy atom. The van der Waals surface area contributed by atoms with E-state index in [1.165, 1.54) is 0 Å². The lowest BCUT2D eigenvalue weighted by Crippen LogP contribution is -2.46. The molecule has 1 aliphatic heterocycles. The zero-order chi connectivity index (χ0) is 13.0. The highest BCUT2D eigenvalue weighted by Gasteiger charge is 2.14. The molecule has 1 heterocycles. The summed E-state index contributed by atoms with van der Waals surface area (Å²) >= 11 is 11.8. The van der Waals surface area contributed by atoms with Crippen LogP contribution in [0.1, 0.15) is 0 Å². The summed E-state index contributed by atoms with van der Waals surface area (Å²) in [6.07, 6.45) is 0. The van der Waals surface area contributed by atoms with Crippen LogP contribution >= 0.6 is 48.0 Å². The van der Waals surface area contributed by atoms with Gasteiger partial charge >= 0.3 is 0 Å². The normalized spacial score (nSPS) is 14.9. The van der Waals surface area contributed by atoms with E-state index in [0.29, 0.717) is 22.3 Å². The molecule has 1 saturated heterocycles. The molecule has 0 aromatic heterocycles. The van der Waals surface area contributed by atoms with E-state index >= 15 is 0 Å². The number of nitrogens with zero attached hydrogens (tertiary/aromatic N) is 1. The van der Waals surface area contributed by atoms with Crippen LogP contribution in [-0.4, -0.2) is 43.5 Å². The van der Waals surface area contributed by atoms with Crippen LogP contribution in [0.3, 0.4) is 0 Å². The number of carbonyl (C=O) groups excluding carboxylic acids is 1. The maximum atomic E-state index is 11.9. The summed E-state index contributed by atoms with van der Waals surface area (Å²) in [6, 6.07) is 5.01. The topological polar surface area (TPSA) is 44.4 Å². The summed E-state index contributed by atoms with van der Waals surface area (Å²) in [5.74, 6) is -0.0685. The standard InChI is InChI=1S/C12H15Cl2N3O.2ClH/c13-9-1-2-10(14)11(7-9)16-12(18)8-17-5-3-15-4-6-17;;/h1-2,7,15H,3-6,8H2,(H,16,18);2*1H. The Morgan fingerprint density at radius 1 is 1.25 bits per heavy atom. The van der Waals surface area contributed by atoms with Crippen molar-refractivity contribution < 1.29 is 4.79 Å². The highest BCUT2D eigenvalue weighted by atomic mass is 35.5. The van der Waals surface area contributed by atoms with Crippen LogP contribution in [0.4, 0.5) is 5.69 Å². The number of carbonyl (C=O) groups is 1. The Morgan fingerprint density at radius 3 is 2.55 bits per heavy atom. The zero-order valence-corrected chi connectivity index (χ0v) is 13.8. The Labute approximate surface area is 141 Å². The minimum atomic E-state index is -0.0685. The number of hydrogen-bond acceptors (Lipinski definition) is 3. The average Bonchev–Trinajstić information content (AvgIpc) is 2.35. The lowest BCUT2D eigenvalue weighted by molar-refractivity contribution is -0.117. The molecule has 8 heteroatoms. The molecule has 0 bridgehead atoms. The van der Waals surface area contributed by atoms with Crippen molar-refractivity contribution >= 4 is 59.6 Å². The van der Waals surface area contributed by atoms with E-state index in [4.69, 9.17) is 23.2 Å². The van der Waals surface area contributed by atoms with Gasteiger partial charge in [-0.3, -0.25) is 9.69 Å². The number of halogens is 4. The fourth-order valence-electron chi connectivity index (χ4n) is 1.86. The first kappa shape index (κ1) is 19.8. The van der Waals surface area contributed by atoms with Gasteiger partial charge in [0.15, 0.2) is 0 Å². The number of anilines is 1. The molecule has 114 valence electrons. The van der Waals surface area contributed by atoms with Crippen LogP contribution in [0.15, 0.2) is 18.2 Å². The Bertz CT molecular complexity index is 439. The van der Waals surface area contributed by atoms with Crippen LogP contribution in [0, 0.1) is 0 Å². The van der Waals surface area contributed by atoms with E-state index in [1.807, 2.05) is 0 Å². The lowest BCUT2D eigenvalue weighted by atomic mass is 10.3. The summed E-state index contributed by atoms with van der Waals surface area (Å²) in [4.78, 5) is 14.0. The third kappa shape index (κ3) is 6.04. The number of benzene rings is 1. The first-order chi connectivity index (χ1) is 8.65. The van der Waals surface area contributed by atoms with Gasteiger partial charge in [-0.2, -0.15) is 0 Å². The second-order valence-corrected chi connectivity index (χ2v) is 5.04. The van der Waals surface area contributed by atoms with E-state index in [0.717, 1.165) is 26.2 Å². The predicted molar refractivity (Wildman–Crippen MR) is 88.9 cm³/mol. The van der Waals surface area contributed by atoms with Gasteiger partial charge in [0.1, 0.15) is 0 Å². The molecule has 1 aromatic carbocycles. The number of nitrogens with one attached hydrogen (secondary N) is 2. The van der Waals surface area contributed by atoms with Gasteiger partial charge in [0.05, 0.1) is 17.3 Å². The van der Waals surface area contributed by atoms with Crippen LogP contribution in [0.5, 0.6) is 0 Å². The van der Waals surface area contributed by atoms with Gasteiger partial charge in [-0.1, -0.05) is 23.2 Å². The molecule has 0 unspecified atom stereocenters. The van der Waals surface area contributed by atoms with Crippen LogP contribution < -0.4 is 10.6 Å². The number of rotatable bonds is 3. The summed E-state index contributed by atoms with van der Waals surface area (Å²) in [5.41, 5.74) is 0.560. The Balaban J connectivity index is 0.00000180. The summed E-state index contributed by atoms with van der Waals surface area (Å²) in [5, 5.41) is 7.07. The van der Waals surface area contributed by atoms with Crippen molar-refractivity contribution in [3.8, 4) is 0 Å². The molecule has 0 spiro atoms. The lowest BCUT2D eigenvalue weighted by Gasteiger charge is -2.26. The molecule has 1 aliphatic rings.